The van der Waals surface area contributed by atoms with Crippen LogP contribution >= 0.6 is 24.0 Å². The fourth-order valence-electron chi connectivity index (χ4n) is 5.28. The summed E-state index contributed by atoms with van der Waals surface area (Å²) in [5.74, 6) is 1.23. The summed E-state index contributed by atoms with van der Waals surface area (Å²) >= 11 is 7.20. The molecule has 5 nitrogen and oxygen atoms in total. The average molecular weight is 440 g/mol. The Kier molecular flexibility index (Phi) is 5.19. The summed E-state index contributed by atoms with van der Waals surface area (Å²) in [6, 6.07) is 13.9. The Bertz CT molecular complexity index is 1070. The van der Waals surface area contributed by atoms with Crippen LogP contribution < -0.4 is 10.5 Å². The monoisotopic (exact) mass is 439 g/mol. The van der Waals surface area contributed by atoms with E-state index in [0.717, 1.165) is 48.2 Å². The largest absolute Gasteiger partial charge is 0.356 e. The molecular weight excluding hydrogens is 414 g/mol. The fourth-order valence-corrected chi connectivity index (χ4v) is 6.32. The van der Waals surface area contributed by atoms with E-state index in [1.165, 1.54) is 17.3 Å². The number of fused-ring (bicyclic) bond motifs is 5. The maximum Gasteiger partial charge on any atom is 0.250 e. The van der Waals surface area contributed by atoms with Gasteiger partial charge in [0, 0.05) is 49.0 Å². The quantitative estimate of drug-likeness (QED) is 0.672. The van der Waals surface area contributed by atoms with Crippen LogP contribution in [0.3, 0.4) is 0 Å². The van der Waals surface area contributed by atoms with Crippen molar-refractivity contribution in [2.24, 2.45) is 5.92 Å². The van der Waals surface area contributed by atoms with Crippen molar-refractivity contribution in [1.82, 2.24) is 9.47 Å². The number of thiocarbonyl (C=S) groups is 1. The van der Waals surface area contributed by atoms with Crippen molar-refractivity contribution >= 4 is 39.9 Å². The predicted octanol–water partition coefficient (Wildman–Crippen LogP) is 3.26. The lowest BCUT2D eigenvalue weighted by molar-refractivity contribution is -0.116. The van der Waals surface area contributed by atoms with Gasteiger partial charge in [-0.1, -0.05) is 48.2 Å². The molecule has 1 aromatic carbocycles. The third-order valence-electron chi connectivity index (χ3n) is 6.53. The first kappa shape index (κ1) is 19.8. The van der Waals surface area contributed by atoms with Gasteiger partial charge in [-0.15, -0.1) is 0 Å². The Labute approximate surface area is 186 Å². The normalized spacial score (nSPS) is 24.4. The van der Waals surface area contributed by atoms with E-state index in [0.29, 0.717) is 17.6 Å². The maximum absolute atomic E-state index is 13.0. The number of rotatable bonds is 2. The average Bonchev–Trinajstić information content (AvgIpc) is 3.08. The van der Waals surface area contributed by atoms with Gasteiger partial charge in [-0.2, -0.15) is 0 Å². The van der Waals surface area contributed by atoms with E-state index >= 15 is 0 Å². The van der Waals surface area contributed by atoms with Crippen molar-refractivity contribution < 1.29 is 4.79 Å². The van der Waals surface area contributed by atoms with Crippen LogP contribution in [0.1, 0.15) is 30.5 Å². The highest BCUT2D eigenvalue weighted by molar-refractivity contribution is 8.23. The highest BCUT2D eigenvalue weighted by Gasteiger charge is 2.36. The van der Waals surface area contributed by atoms with E-state index < -0.39 is 0 Å². The molecule has 5 rings (SSSR count). The number of carbonyl (C=O) groups is 1. The number of hydrogen-bond donors (Lipinski definition) is 0. The van der Waals surface area contributed by atoms with Gasteiger partial charge in [-0.25, -0.2) is 0 Å². The van der Waals surface area contributed by atoms with Crippen LogP contribution in [0.15, 0.2) is 47.3 Å². The van der Waals surface area contributed by atoms with Crippen molar-refractivity contribution in [3.05, 3.63) is 64.1 Å². The zero-order valence-corrected chi connectivity index (χ0v) is 18.6. The van der Waals surface area contributed by atoms with Crippen LogP contribution in [0.4, 0.5) is 5.69 Å². The van der Waals surface area contributed by atoms with Crippen LogP contribution in [0.5, 0.6) is 0 Å². The topological polar surface area (TPSA) is 45.6 Å². The minimum Gasteiger partial charge on any atom is -0.356 e. The molecule has 0 saturated carbocycles. The first-order chi connectivity index (χ1) is 14.5. The lowest BCUT2D eigenvalue weighted by Gasteiger charge is -2.43. The number of amides is 1. The molecule has 1 saturated heterocycles. The summed E-state index contributed by atoms with van der Waals surface area (Å²) < 4.78 is 2.73. The molecule has 3 atom stereocenters. The van der Waals surface area contributed by atoms with Gasteiger partial charge in [0.25, 0.3) is 5.56 Å². The van der Waals surface area contributed by atoms with Crippen molar-refractivity contribution in [1.29, 1.82) is 0 Å². The van der Waals surface area contributed by atoms with Crippen molar-refractivity contribution in [2.75, 3.05) is 23.7 Å². The predicted molar refractivity (Wildman–Crippen MR) is 125 cm³/mol. The second-order valence-corrected chi connectivity index (χ2v) is 10.2. The molecule has 0 N–H and O–H groups in total. The molecule has 30 heavy (non-hydrogen) atoms. The number of pyridine rings is 1. The summed E-state index contributed by atoms with van der Waals surface area (Å²) in [5, 5.41) is 0. The van der Waals surface area contributed by atoms with Crippen LogP contribution in [0.2, 0.25) is 0 Å². The summed E-state index contributed by atoms with van der Waals surface area (Å²) in [6.45, 7) is 4.55. The number of likely N-dealkylation sites (tertiary alicyclic amines) is 1. The minimum atomic E-state index is 0.0956. The Morgan fingerprint density at radius 2 is 1.97 bits per heavy atom. The molecular formula is C23H25N3O2S2. The van der Waals surface area contributed by atoms with Crippen LogP contribution in [0, 0.1) is 5.92 Å². The van der Waals surface area contributed by atoms with Gasteiger partial charge in [-0.05, 0) is 43.4 Å². The van der Waals surface area contributed by atoms with Gasteiger partial charge in [0.05, 0.1) is 5.75 Å². The Hall–Kier alpha value is -2.12. The molecule has 2 bridgehead atoms. The second kappa shape index (κ2) is 7.85. The number of benzene rings is 1. The van der Waals surface area contributed by atoms with Gasteiger partial charge >= 0.3 is 0 Å². The molecule has 0 spiro atoms. The van der Waals surface area contributed by atoms with E-state index in [1.54, 1.807) is 6.07 Å². The third-order valence-corrected chi connectivity index (χ3v) is 8.04. The first-order valence-electron chi connectivity index (χ1n) is 10.5. The van der Waals surface area contributed by atoms with Gasteiger partial charge < -0.3 is 14.4 Å². The second-order valence-electron chi connectivity index (χ2n) is 8.60. The molecule has 0 unspecified atom stereocenters. The number of piperidine rings is 1. The summed E-state index contributed by atoms with van der Waals surface area (Å²) in [7, 11) is 0. The Morgan fingerprint density at radius 1 is 1.13 bits per heavy atom. The van der Waals surface area contributed by atoms with E-state index in [2.05, 4.69) is 24.0 Å². The Balaban J connectivity index is 1.24. The number of carbonyl (C=O) groups excluding carboxylic acids is 1. The molecule has 3 aliphatic heterocycles. The van der Waals surface area contributed by atoms with Gasteiger partial charge in [0.2, 0.25) is 5.91 Å². The molecule has 3 aliphatic rings. The summed E-state index contributed by atoms with van der Waals surface area (Å²) in [4.78, 5) is 29.4. The number of thioether (sulfide) groups is 1. The standard InChI is InChI=1S/C23H25N3O2S2/c1-15-9-17-5-2-3-6-20(17)26(15)22(28)14-30-23(29)24-11-16-10-18(13-24)19-7-4-8-21(27)25(19)12-16/h2-8,15-16,18H,9-14H2,1H3/t15-,16-,18-/m0/s1. The van der Waals surface area contributed by atoms with E-state index in [1.807, 2.05) is 33.7 Å². The molecule has 4 heterocycles. The SMILES string of the molecule is C[C@H]1Cc2ccccc2N1C(=O)CSC(=S)N1C[C@@H]2C[C@@H](C1)c1cccc(=O)n1C2. The molecule has 7 heteroatoms. The van der Waals surface area contributed by atoms with Crippen LogP contribution in [0.25, 0.3) is 0 Å². The van der Waals surface area contributed by atoms with E-state index in [9.17, 15) is 9.59 Å². The molecule has 1 aromatic heterocycles. The molecule has 1 fully saturated rings. The summed E-state index contributed by atoms with van der Waals surface area (Å²) in [5.41, 5.74) is 3.49. The zero-order valence-electron chi connectivity index (χ0n) is 17.0. The number of nitrogens with zero attached hydrogens (tertiary/aromatic N) is 3. The lowest BCUT2D eigenvalue weighted by Crippen LogP contribution is -2.48. The molecule has 0 radical (unpaired) electrons. The van der Waals surface area contributed by atoms with Crippen molar-refractivity contribution in [3.63, 3.8) is 0 Å². The molecule has 0 aliphatic carbocycles. The van der Waals surface area contributed by atoms with Crippen molar-refractivity contribution in [2.45, 2.75) is 38.3 Å². The van der Waals surface area contributed by atoms with Crippen LogP contribution in [-0.4, -0.2) is 44.6 Å². The zero-order chi connectivity index (χ0) is 20.8. The summed E-state index contributed by atoms with van der Waals surface area (Å²) in [6.07, 6.45) is 2.01. The number of hydrogen-bond acceptors (Lipinski definition) is 4. The van der Waals surface area contributed by atoms with E-state index in [-0.39, 0.29) is 17.5 Å². The minimum absolute atomic E-state index is 0.0956. The smallest absolute Gasteiger partial charge is 0.250 e. The maximum atomic E-state index is 13.0. The van der Waals surface area contributed by atoms with Crippen molar-refractivity contribution in [3.8, 4) is 0 Å². The molecule has 156 valence electrons. The van der Waals surface area contributed by atoms with Gasteiger partial charge in [-0.3, -0.25) is 9.59 Å². The molecule has 1 amide bonds. The van der Waals surface area contributed by atoms with Gasteiger partial charge in [0.15, 0.2) is 0 Å². The first-order valence-corrected chi connectivity index (χ1v) is 11.9. The fraction of sp³-hybridized carbons (Fsp3) is 0.435. The lowest BCUT2D eigenvalue weighted by atomic mass is 9.83. The number of aromatic nitrogens is 1. The number of anilines is 1. The Morgan fingerprint density at radius 3 is 2.83 bits per heavy atom. The molecule has 2 aromatic rings. The van der Waals surface area contributed by atoms with Gasteiger partial charge in [0.1, 0.15) is 4.32 Å². The third kappa shape index (κ3) is 3.48. The van der Waals surface area contributed by atoms with Crippen LogP contribution in [-0.2, 0) is 17.8 Å². The highest BCUT2D eigenvalue weighted by Crippen LogP contribution is 2.36. The van der Waals surface area contributed by atoms with E-state index in [4.69, 9.17) is 12.2 Å². The number of para-hydroxylation sites is 1. The highest BCUT2D eigenvalue weighted by atomic mass is 32.2.